The number of pyridine rings is 2. The van der Waals surface area contributed by atoms with Gasteiger partial charge in [0.25, 0.3) is 0 Å². The van der Waals surface area contributed by atoms with Crippen molar-refractivity contribution in [3.05, 3.63) is 65.2 Å². The number of rotatable bonds is 3. The van der Waals surface area contributed by atoms with Gasteiger partial charge in [0.2, 0.25) is 5.43 Å². The molecule has 7 nitrogen and oxygen atoms in total. The molecular formula is C20H19N5O2. The third-order valence-electron chi connectivity index (χ3n) is 4.63. The third kappa shape index (κ3) is 3.61. The van der Waals surface area contributed by atoms with E-state index >= 15 is 0 Å². The van der Waals surface area contributed by atoms with Crippen LogP contribution in [0.15, 0.2) is 47.7 Å². The predicted octanol–water partition coefficient (Wildman–Crippen LogP) is 1.35. The molecule has 4 rings (SSSR count). The van der Waals surface area contributed by atoms with Gasteiger partial charge < -0.3 is 19.5 Å². The Balaban J connectivity index is 1.65. The number of hydrogen-bond acceptors (Lipinski definition) is 6. The average molecular weight is 361 g/mol. The molecule has 3 aromatic rings. The fourth-order valence-corrected chi connectivity index (χ4v) is 2.99. The number of anilines is 1. The standard InChI is InChI=1S/C20H19N5O2/c1-23-9-11-24(12-10-23)19-4-2-3-16(22-19)15-5-7-21-20(13-15)25-8-6-17(26)18(27)14-25/h3,5-8,13-14,27H,9-12H2,1H3. The second-order valence-electron chi connectivity index (χ2n) is 6.53. The first kappa shape index (κ1) is 17.1. The molecule has 1 N–H and O–H groups in total. The minimum atomic E-state index is -0.422. The molecule has 0 aromatic carbocycles. The maximum absolute atomic E-state index is 11.4. The Kier molecular flexibility index (Phi) is 4.48. The van der Waals surface area contributed by atoms with E-state index in [0.717, 1.165) is 43.3 Å². The van der Waals surface area contributed by atoms with Crippen LogP contribution in [0.5, 0.6) is 5.75 Å². The zero-order valence-electron chi connectivity index (χ0n) is 15.0. The highest BCUT2D eigenvalue weighted by Gasteiger charge is 2.16. The number of likely N-dealkylation sites (N-methyl/N-ethyl adjacent to an activating group) is 1. The smallest absolute Gasteiger partial charge is 0.223 e. The van der Waals surface area contributed by atoms with E-state index in [1.54, 1.807) is 23.0 Å². The van der Waals surface area contributed by atoms with Crippen molar-refractivity contribution < 1.29 is 5.11 Å². The molecule has 3 aromatic heterocycles. The van der Waals surface area contributed by atoms with E-state index in [1.807, 2.05) is 12.1 Å². The van der Waals surface area contributed by atoms with E-state index < -0.39 is 5.43 Å². The van der Waals surface area contributed by atoms with Crippen molar-refractivity contribution in [1.29, 1.82) is 0 Å². The Hall–Kier alpha value is -3.37. The minimum Gasteiger partial charge on any atom is -0.503 e. The Morgan fingerprint density at radius 2 is 2.00 bits per heavy atom. The molecule has 4 heterocycles. The molecule has 0 unspecified atom stereocenters. The van der Waals surface area contributed by atoms with Gasteiger partial charge in [-0.3, -0.25) is 4.79 Å². The van der Waals surface area contributed by atoms with Gasteiger partial charge in [-0.25, -0.2) is 9.97 Å². The lowest BCUT2D eigenvalue weighted by Crippen LogP contribution is -2.44. The van der Waals surface area contributed by atoms with Crippen molar-refractivity contribution in [3.8, 4) is 22.8 Å². The van der Waals surface area contributed by atoms with Crippen LogP contribution < -0.4 is 10.3 Å². The molecule has 0 radical (unpaired) electrons. The summed E-state index contributed by atoms with van der Waals surface area (Å²) in [5.41, 5.74) is 1.23. The number of nitrogens with zero attached hydrogens (tertiary/aromatic N) is 5. The van der Waals surface area contributed by atoms with Gasteiger partial charge in [0, 0.05) is 56.3 Å². The van der Waals surface area contributed by atoms with Gasteiger partial charge >= 0.3 is 0 Å². The lowest BCUT2D eigenvalue weighted by atomic mass is 10.2. The van der Waals surface area contributed by atoms with Crippen molar-refractivity contribution in [2.75, 3.05) is 38.1 Å². The zero-order chi connectivity index (χ0) is 18.8. The molecule has 0 spiro atoms. The summed E-state index contributed by atoms with van der Waals surface area (Å²) in [6, 6.07) is 13.0. The highest BCUT2D eigenvalue weighted by atomic mass is 16.3. The summed E-state index contributed by atoms with van der Waals surface area (Å²) in [6.07, 6.45) is 4.60. The van der Waals surface area contributed by atoms with Gasteiger partial charge in [0.15, 0.2) is 11.6 Å². The van der Waals surface area contributed by atoms with Crippen LogP contribution in [0.3, 0.4) is 0 Å². The lowest BCUT2D eigenvalue weighted by molar-refractivity contribution is 0.312. The molecule has 27 heavy (non-hydrogen) atoms. The molecule has 0 aliphatic carbocycles. The van der Waals surface area contributed by atoms with Crippen molar-refractivity contribution in [1.82, 2.24) is 19.4 Å². The van der Waals surface area contributed by atoms with Crippen molar-refractivity contribution >= 4 is 5.82 Å². The first-order valence-electron chi connectivity index (χ1n) is 8.72. The zero-order valence-corrected chi connectivity index (χ0v) is 15.0. The lowest BCUT2D eigenvalue weighted by Gasteiger charge is -2.32. The van der Waals surface area contributed by atoms with E-state index in [2.05, 4.69) is 34.0 Å². The molecule has 1 aliphatic rings. The SMILES string of the molecule is CN1CCN(c2c#ccc(-c3ccnc(-n4ccc(=O)c(O)c4)c3)n2)CC1. The quantitative estimate of drug-likeness (QED) is 0.759. The summed E-state index contributed by atoms with van der Waals surface area (Å²) >= 11 is 0. The highest BCUT2D eigenvalue weighted by Crippen LogP contribution is 2.21. The molecule has 0 atom stereocenters. The summed E-state index contributed by atoms with van der Waals surface area (Å²) in [5.74, 6) is 1.06. The number of hydrogen-bond donors (Lipinski definition) is 1. The molecule has 1 aliphatic heterocycles. The maximum Gasteiger partial charge on any atom is 0.223 e. The Morgan fingerprint density at radius 1 is 1.19 bits per heavy atom. The second kappa shape index (κ2) is 7.09. The molecule has 0 saturated carbocycles. The van der Waals surface area contributed by atoms with Crippen LogP contribution in [-0.4, -0.2) is 57.8 Å². The van der Waals surface area contributed by atoms with E-state index in [0.29, 0.717) is 5.82 Å². The van der Waals surface area contributed by atoms with Gasteiger partial charge in [-0.15, -0.1) is 0 Å². The van der Waals surface area contributed by atoms with Crippen LogP contribution in [0, 0.1) is 12.1 Å². The number of aromatic nitrogens is 3. The largest absolute Gasteiger partial charge is 0.503 e. The second-order valence-corrected chi connectivity index (χ2v) is 6.53. The van der Waals surface area contributed by atoms with Crippen LogP contribution in [0.4, 0.5) is 5.82 Å². The molecule has 1 saturated heterocycles. The summed E-state index contributed by atoms with van der Waals surface area (Å²) in [6.45, 7) is 3.81. The van der Waals surface area contributed by atoms with Gasteiger partial charge in [-0.05, 0) is 25.2 Å². The highest BCUT2D eigenvalue weighted by molar-refractivity contribution is 5.62. The maximum atomic E-state index is 11.4. The van der Waals surface area contributed by atoms with E-state index in [-0.39, 0.29) is 5.75 Å². The molecule has 0 amide bonds. The molecular weight excluding hydrogens is 342 g/mol. The summed E-state index contributed by atoms with van der Waals surface area (Å²) in [4.78, 5) is 24.9. The van der Waals surface area contributed by atoms with Gasteiger partial charge in [0.1, 0.15) is 5.82 Å². The van der Waals surface area contributed by atoms with Crippen LogP contribution in [0.25, 0.3) is 17.1 Å². The van der Waals surface area contributed by atoms with Gasteiger partial charge in [-0.1, -0.05) is 6.07 Å². The fourth-order valence-electron chi connectivity index (χ4n) is 2.99. The van der Waals surface area contributed by atoms with Crippen molar-refractivity contribution in [2.24, 2.45) is 0 Å². The first-order valence-corrected chi connectivity index (χ1v) is 8.72. The summed E-state index contributed by atoms with van der Waals surface area (Å²) in [7, 11) is 2.12. The van der Waals surface area contributed by atoms with Crippen LogP contribution in [-0.2, 0) is 0 Å². The van der Waals surface area contributed by atoms with Crippen molar-refractivity contribution in [2.45, 2.75) is 0 Å². The fraction of sp³-hybridized carbons (Fsp3) is 0.250. The summed E-state index contributed by atoms with van der Waals surface area (Å²) in [5, 5.41) is 9.66. The van der Waals surface area contributed by atoms with Gasteiger partial charge in [-0.2, -0.15) is 0 Å². The Bertz CT molecular complexity index is 1010. The Morgan fingerprint density at radius 3 is 2.78 bits per heavy atom. The number of piperazine rings is 1. The minimum absolute atomic E-state index is 0.317. The van der Waals surface area contributed by atoms with Crippen LogP contribution in [0.1, 0.15) is 0 Å². The predicted molar refractivity (Wildman–Crippen MR) is 102 cm³/mol. The van der Waals surface area contributed by atoms with Crippen molar-refractivity contribution in [3.63, 3.8) is 0 Å². The van der Waals surface area contributed by atoms with E-state index in [9.17, 15) is 9.90 Å². The molecule has 0 bridgehead atoms. The average Bonchev–Trinajstić information content (AvgIpc) is 2.71. The van der Waals surface area contributed by atoms with Crippen LogP contribution in [0.2, 0.25) is 0 Å². The normalized spacial score (nSPS) is 14.8. The Labute approximate surface area is 157 Å². The van der Waals surface area contributed by atoms with E-state index in [4.69, 9.17) is 4.98 Å². The molecule has 136 valence electrons. The third-order valence-corrected chi connectivity index (χ3v) is 4.63. The monoisotopic (exact) mass is 361 g/mol. The topological polar surface area (TPSA) is 74.5 Å². The molecule has 1 fully saturated rings. The van der Waals surface area contributed by atoms with Gasteiger partial charge in [0.05, 0.1) is 11.9 Å². The number of aromatic hydroxyl groups is 1. The van der Waals surface area contributed by atoms with Crippen LogP contribution >= 0.6 is 0 Å². The summed E-state index contributed by atoms with van der Waals surface area (Å²) < 4.78 is 1.60. The molecule has 7 heteroatoms. The van der Waals surface area contributed by atoms with E-state index in [1.165, 1.54) is 12.3 Å². The first-order chi connectivity index (χ1) is 13.1.